The van der Waals surface area contributed by atoms with E-state index >= 15 is 0 Å². The molecule has 0 atom stereocenters. The number of rotatable bonds is 10. The Labute approximate surface area is 214 Å². The average molecular weight is 500 g/mol. The van der Waals surface area contributed by atoms with Crippen LogP contribution in [0.4, 0.5) is 11.5 Å². The number of nitrogens with two attached hydrogens (primary N) is 1. The number of anilines is 2. The number of hydrogen-bond donors (Lipinski definition) is 3. The van der Waals surface area contributed by atoms with Gasteiger partial charge in [0.25, 0.3) is 5.56 Å². The molecule has 2 heterocycles. The summed E-state index contributed by atoms with van der Waals surface area (Å²) < 4.78 is 8.02. The van der Waals surface area contributed by atoms with Gasteiger partial charge < -0.3 is 21.1 Å². The van der Waals surface area contributed by atoms with Gasteiger partial charge in [-0.15, -0.1) is 0 Å². The number of pyridine rings is 1. The van der Waals surface area contributed by atoms with E-state index in [1.165, 1.54) is 10.6 Å². The third kappa shape index (κ3) is 6.85. The predicted octanol–water partition coefficient (Wildman–Crippen LogP) is 2.35. The normalized spacial score (nSPS) is 11.2. The highest BCUT2D eigenvalue weighted by molar-refractivity contribution is 5.92. The molecule has 0 fully saturated rings. The van der Waals surface area contributed by atoms with Crippen LogP contribution in [-0.4, -0.2) is 40.3 Å². The second kappa shape index (κ2) is 12.2. The molecule has 0 unspecified atom stereocenters. The molecule has 0 saturated heterocycles. The molecule has 190 valence electrons. The molecule has 0 spiro atoms. The third-order valence-corrected chi connectivity index (χ3v) is 5.60. The van der Waals surface area contributed by atoms with Gasteiger partial charge in [-0.1, -0.05) is 42.5 Å². The van der Waals surface area contributed by atoms with Crippen LogP contribution in [-0.2, 0) is 13.1 Å². The molecule has 0 bridgehead atoms. The maximum atomic E-state index is 13.5. The van der Waals surface area contributed by atoms with Crippen LogP contribution in [0.3, 0.4) is 0 Å². The zero-order valence-corrected chi connectivity index (χ0v) is 20.5. The minimum Gasteiger partial charge on any atom is -0.497 e. The van der Waals surface area contributed by atoms with Crippen LogP contribution in [0.15, 0.2) is 99.8 Å². The van der Waals surface area contributed by atoms with Gasteiger partial charge in [0.2, 0.25) is 0 Å². The second-order valence-electron chi connectivity index (χ2n) is 8.22. The van der Waals surface area contributed by atoms with Crippen molar-refractivity contribution >= 4 is 17.5 Å². The van der Waals surface area contributed by atoms with Crippen LogP contribution in [0, 0.1) is 0 Å². The van der Waals surface area contributed by atoms with Gasteiger partial charge in [-0.05, 0) is 35.4 Å². The minimum absolute atomic E-state index is 0.183. The van der Waals surface area contributed by atoms with Gasteiger partial charge >= 0.3 is 5.69 Å². The van der Waals surface area contributed by atoms with Gasteiger partial charge in [-0.2, -0.15) is 0 Å². The number of hydrogen-bond acceptors (Lipinski definition) is 6. The zero-order valence-electron chi connectivity index (χ0n) is 20.5. The van der Waals surface area contributed by atoms with Crippen molar-refractivity contribution in [1.29, 1.82) is 0 Å². The van der Waals surface area contributed by atoms with Crippen LogP contribution in [0.2, 0.25) is 0 Å². The Hall–Kier alpha value is -4.86. The van der Waals surface area contributed by atoms with Crippen molar-refractivity contribution in [3.05, 3.63) is 117 Å². The summed E-state index contributed by atoms with van der Waals surface area (Å²) in [7, 11) is 1.60. The van der Waals surface area contributed by atoms with Gasteiger partial charge in [0.05, 0.1) is 38.6 Å². The third-order valence-electron chi connectivity index (χ3n) is 5.60. The lowest BCUT2D eigenvalue weighted by atomic mass is 10.2. The zero-order chi connectivity index (χ0) is 26.0. The van der Waals surface area contributed by atoms with Crippen LogP contribution >= 0.6 is 0 Å². The SMILES string of the molecule is COc1ccc(Cn2c(NCCN=C(N)Nc3cccnc3)cc(=O)n(Cc3ccccc3)c2=O)cc1. The fraction of sp³-hybridized carbons (Fsp3) is 0.185. The summed E-state index contributed by atoms with van der Waals surface area (Å²) in [6.45, 7) is 1.14. The number of nitrogens with zero attached hydrogens (tertiary/aromatic N) is 4. The first kappa shape index (κ1) is 25.2. The van der Waals surface area contributed by atoms with Crippen molar-refractivity contribution in [2.45, 2.75) is 13.1 Å². The highest BCUT2D eigenvalue weighted by Crippen LogP contribution is 2.13. The fourth-order valence-corrected chi connectivity index (χ4v) is 3.72. The summed E-state index contributed by atoms with van der Waals surface area (Å²) in [5, 5.41) is 6.13. The Morgan fingerprint density at radius 3 is 2.41 bits per heavy atom. The Bertz CT molecular complexity index is 1450. The molecule has 0 amide bonds. The van der Waals surface area contributed by atoms with E-state index in [9.17, 15) is 9.59 Å². The molecule has 4 aromatic rings. The molecule has 37 heavy (non-hydrogen) atoms. The molecule has 0 aliphatic heterocycles. The highest BCUT2D eigenvalue weighted by atomic mass is 16.5. The standard InChI is InChI=1S/C27H29N7O3/c1-37-23-11-9-21(10-12-23)18-33-24(30-14-15-31-26(28)32-22-8-5-13-29-17-22)16-25(35)34(27(33)36)19-20-6-3-2-4-7-20/h2-13,16-17,30H,14-15,18-19H2,1H3,(H3,28,31,32). The first-order valence-corrected chi connectivity index (χ1v) is 11.8. The largest absolute Gasteiger partial charge is 0.497 e. The maximum Gasteiger partial charge on any atom is 0.333 e. The van der Waals surface area contributed by atoms with Crippen molar-refractivity contribution in [2.24, 2.45) is 10.7 Å². The highest BCUT2D eigenvalue weighted by Gasteiger charge is 2.13. The van der Waals surface area contributed by atoms with Gasteiger partial charge in [-0.3, -0.25) is 23.9 Å². The Kier molecular flexibility index (Phi) is 8.33. The smallest absolute Gasteiger partial charge is 0.333 e. The Morgan fingerprint density at radius 1 is 0.973 bits per heavy atom. The molecule has 10 nitrogen and oxygen atoms in total. The van der Waals surface area contributed by atoms with Gasteiger partial charge in [0.15, 0.2) is 5.96 Å². The van der Waals surface area contributed by atoms with E-state index in [2.05, 4.69) is 20.6 Å². The monoisotopic (exact) mass is 499 g/mol. The van der Waals surface area contributed by atoms with E-state index in [0.29, 0.717) is 18.9 Å². The van der Waals surface area contributed by atoms with E-state index in [4.69, 9.17) is 10.5 Å². The number of aliphatic imine (C=N–C) groups is 1. The van der Waals surface area contributed by atoms with Gasteiger partial charge in [0.1, 0.15) is 11.6 Å². The lowest BCUT2D eigenvalue weighted by Gasteiger charge is -2.17. The number of guanidine groups is 1. The summed E-state index contributed by atoms with van der Waals surface area (Å²) in [6, 6.07) is 21.9. The molecule has 4 N–H and O–H groups in total. The fourth-order valence-electron chi connectivity index (χ4n) is 3.72. The first-order chi connectivity index (χ1) is 18.0. The number of methoxy groups -OCH3 is 1. The minimum atomic E-state index is -0.407. The van der Waals surface area contributed by atoms with Crippen LogP contribution in [0.1, 0.15) is 11.1 Å². The molecule has 4 rings (SSSR count). The predicted molar refractivity (Wildman–Crippen MR) is 145 cm³/mol. The van der Waals surface area contributed by atoms with Crippen molar-refractivity contribution in [1.82, 2.24) is 14.1 Å². The lowest BCUT2D eigenvalue weighted by molar-refractivity contribution is 0.414. The second-order valence-corrected chi connectivity index (χ2v) is 8.22. The topological polar surface area (TPSA) is 129 Å². The van der Waals surface area contributed by atoms with Crippen molar-refractivity contribution in [3.8, 4) is 5.75 Å². The summed E-state index contributed by atoms with van der Waals surface area (Å²) in [6.07, 6.45) is 3.31. The maximum absolute atomic E-state index is 13.5. The van der Waals surface area contributed by atoms with Crippen molar-refractivity contribution in [2.75, 3.05) is 30.8 Å². The molecule has 10 heteroatoms. The summed E-state index contributed by atoms with van der Waals surface area (Å²) in [4.78, 5) is 34.7. The number of benzene rings is 2. The summed E-state index contributed by atoms with van der Waals surface area (Å²) in [5.74, 6) is 1.37. The Balaban J connectivity index is 1.55. The van der Waals surface area contributed by atoms with E-state index in [-0.39, 0.29) is 24.6 Å². The molecular weight excluding hydrogens is 470 g/mol. The molecule has 0 radical (unpaired) electrons. The van der Waals surface area contributed by atoms with E-state index in [1.807, 2.05) is 60.7 Å². The van der Waals surface area contributed by atoms with E-state index in [1.54, 1.807) is 30.1 Å². The van der Waals surface area contributed by atoms with Gasteiger partial charge in [-0.25, -0.2) is 4.79 Å². The quantitative estimate of drug-likeness (QED) is 0.174. The Morgan fingerprint density at radius 2 is 1.70 bits per heavy atom. The van der Waals surface area contributed by atoms with E-state index in [0.717, 1.165) is 22.6 Å². The number of nitrogens with one attached hydrogen (secondary N) is 2. The van der Waals surface area contributed by atoms with Crippen LogP contribution < -0.4 is 32.4 Å². The molecule has 0 aliphatic rings. The van der Waals surface area contributed by atoms with Gasteiger partial charge in [0, 0.05) is 18.8 Å². The molecule has 0 saturated carbocycles. The lowest BCUT2D eigenvalue weighted by Crippen LogP contribution is -2.41. The number of aromatic nitrogens is 3. The summed E-state index contributed by atoms with van der Waals surface area (Å²) in [5.41, 5.74) is 7.64. The number of ether oxygens (including phenoxy) is 1. The van der Waals surface area contributed by atoms with E-state index < -0.39 is 5.69 Å². The molecular formula is C27H29N7O3. The van der Waals surface area contributed by atoms with Crippen molar-refractivity contribution in [3.63, 3.8) is 0 Å². The molecule has 2 aromatic carbocycles. The van der Waals surface area contributed by atoms with Crippen LogP contribution in [0.5, 0.6) is 5.75 Å². The van der Waals surface area contributed by atoms with Crippen LogP contribution in [0.25, 0.3) is 0 Å². The van der Waals surface area contributed by atoms with Crippen molar-refractivity contribution < 1.29 is 4.74 Å². The first-order valence-electron chi connectivity index (χ1n) is 11.8. The average Bonchev–Trinajstić information content (AvgIpc) is 2.92. The molecule has 2 aromatic heterocycles. The summed E-state index contributed by atoms with van der Waals surface area (Å²) >= 11 is 0. The molecule has 0 aliphatic carbocycles.